The van der Waals surface area contributed by atoms with Gasteiger partial charge in [-0.3, -0.25) is 0 Å². The molecule has 3 aromatic heterocycles. The Bertz CT molecular complexity index is 3100. The van der Waals surface area contributed by atoms with Gasteiger partial charge in [0.15, 0.2) is 0 Å². The fourth-order valence-corrected chi connectivity index (χ4v) is 9.02. The molecule has 11 aromatic rings. The summed E-state index contributed by atoms with van der Waals surface area (Å²) < 4.78 is 11.5. The van der Waals surface area contributed by atoms with E-state index >= 15 is 0 Å². The van der Waals surface area contributed by atoms with Gasteiger partial charge in [-0.15, -0.1) is 11.3 Å². The summed E-state index contributed by atoms with van der Waals surface area (Å²) in [6.45, 7) is 0. The smallest absolute Gasteiger partial charge is 0.143 e. The molecular formula is C46H28N2OS. The Morgan fingerprint density at radius 2 is 1.10 bits per heavy atom. The van der Waals surface area contributed by atoms with Crippen molar-refractivity contribution in [3.63, 3.8) is 0 Å². The lowest BCUT2D eigenvalue weighted by molar-refractivity contribution is 0.672. The van der Waals surface area contributed by atoms with Crippen LogP contribution in [0.4, 0.5) is 17.1 Å². The molecule has 0 atom stereocenters. The van der Waals surface area contributed by atoms with Gasteiger partial charge in [-0.2, -0.15) is 0 Å². The van der Waals surface area contributed by atoms with Gasteiger partial charge >= 0.3 is 0 Å². The maximum Gasteiger partial charge on any atom is 0.143 e. The number of anilines is 3. The summed E-state index contributed by atoms with van der Waals surface area (Å²) in [5.41, 5.74) is 8.69. The van der Waals surface area contributed by atoms with Crippen LogP contribution in [0.25, 0.3) is 80.4 Å². The summed E-state index contributed by atoms with van der Waals surface area (Å²) >= 11 is 1.85. The quantitative estimate of drug-likeness (QED) is 0.188. The van der Waals surface area contributed by atoms with Crippen molar-refractivity contribution in [1.29, 1.82) is 0 Å². The second-order valence-corrected chi connectivity index (χ2v) is 14.0. The molecule has 0 unspecified atom stereocenters. The highest BCUT2D eigenvalue weighted by atomic mass is 32.1. The molecule has 0 saturated carbocycles. The normalized spacial score (nSPS) is 12.0. The van der Waals surface area contributed by atoms with E-state index in [1.54, 1.807) is 0 Å². The van der Waals surface area contributed by atoms with Crippen LogP contribution < -0.4 is 4.90 Å². The lowest BCUT2D eigenvalue weighted by Crippen LogP contribution is -2.09. The summed E-state index contributed by atoms with van der Waals surface area (Å²) in [4.78, 5) is 2.38. The number of benzene rings is 8. The van der Waals surface area contributed by atoms with Crippen molar-refractivity contribution in [2.45, 2.75) is 0 Å². The number of fused-ring (bicyclic) bond motifs is 11. The zero-order valence-electron chi connectivity index (χ0n) is 26.9. The average molecular weight is 657 g/mol. The molecule has 0 radical (unpaired) electrons. The van der Waals surface area contributed by atoms with Crippen molar-refractivity contribution in [3.8, 4) is 5.69 Å². The molecule has 50 heavy (non-hydrogen) atoms. The van der Waals surface area contributed by atoms with Crippen LogP contribution in [-0.2, 0) is 0 Å². The van der Waals surface area contributed by atoms with E-state index in [2.05, 4.69) is 173 Å². The maximum absolute atomic E-state index is 6.54. The Morgan fingerprint density at radius 1 is 0.420 bits per heavy atom. The highest BCUT2D eigenvalue weighted by Crippen LogP contribution is 2.44. The van der Waals surface area contributed by atoms with E-state index in [0.29, 0.717) is 0 Å². The molecule has 0 spiro atoms. The van der Waals surface area contributed by atoms with Crippen LogP contribution in [0.1, 0.15) is 0 Å². The van der Waals surface area contributed by atoms with Crippen molar-refractivity contribution in [2.75, 3.05) is 4.90 Å². The maximum atomic E-state index is 6.54. The van der Waals surface area contributed by atoms with Gasteiger partial charge in [0.05, 0.1) is 11.0 Å². The van der Waals surface area contributed by atoms with Crippen LogP contribution in [-0.4, -0.2) is 4.57 Å². The van der Waals surface area contributed by atoms with Crippen molar-refractivity contribution < 1.29 is 4.42 Å². The van der Waals surface area contributed by atoms with Gasteiger partial charge in [-0.25, -0.2) is 0 Å². The van der Waals surface area contributed by atoms with E-state index in [4.69, 9.17) is 4.42 Å². The van der Waals surface area contributed by atoms with Crippen molar-refractivity contribution >= 4 is 103 Å². The fraction of sp³-hybridized carbons (Fsp3) is 0. The third kappa shape index (κ3) is 4.03. The van der Waals surface area contributed by atoms with E-state index in [-0.39, 0.29) is 0 Å². The Hall–Kier alpha value is -6.36. The van der Waals surface area contributed by atoms with Crippen molar-refractivity contribution in [1.82, 2.24) is 4.57 Å². The molecule has 0 bridgehead atoms. The second kappa shape index (κ2) is 10.6. The molecule has 3 nitrogen and oxygen atoms in total. The van der Waals surface area contributed by atoms with Crippen LogP contribution in [0.15, 0.2) is 174 Å². The third-order valence-corrected chi connectivity index (χ3v) is 11.3. The molecule has 0 amide bonds. The number of aromatic nitrogens is 1. The van der Waals surface area contributed by atoms with Crippen LogP contribution in [0.3, 0.4) is 0 Å². The number of hydrogen-bond donors (Lipinski definition) is 0. The second-order valence-electron chi connectivity index (χ2n) is 13.0. The number of furan rings is 1. The molecule has 234 valence electrons. The van der Waals surface area contributed by atoms with Gasteiger partial charge in [-0.1, -0.05) is 84.9 Å². The molecule has 11 rings (SSSR count). The standard InChI is InChI=1S/C46H28N2OS/c1-3-11-30(12-4-1)47(33-20-23-36-35-16-8-10-18-44(35)50-45(36)27-33)32-21-24-41-39(26-32)40-28-38-29(25-42(40)48(41)31-13-5-2-6-14-31)19-22-37-34-15-7-9-17-43(34)49-46(37)38/h1-28H. The minimum Gasteiger partial charge on any atom is -0.455 e. The molecule has 0 aliphatic rings. The van der Waals surface area contributed by atoms with Gasteiger partial charge in [0.1, 0.15) is 11.2 Å². The number of thiophene rings is 1. The first-order valence-electron chi connectivity index (χ1n) is 16.9. The minimum atomic E-state index is 0.915. The summed E-state index contributed by atoms with van der Waals surface area (Å²) in [5.74, 6) is 0. The number of rotatable bonds is 4. The molecule has 8 aromatic carbocycles. The Morgan fingerprint density at radius 3 is 1.98 bits per heavy atom. The van der Waals surface area contributed by atoms with Gasteiger partial charge in [0.2, 0.25) is 0 Å². The van der Waals surface area contributed by atoms with Crippen molar-refractivity contribution in [3.05, 3.63) is 170 Å². The Labute approximate surface area is 291 Å². The van der Waals surface area contributed by atoms with Gasteiger partial charge in [-0.05, 0) is 90.3 Å². The largest absolute Gasteiger partial charge is 0.455 e. The zero-order valence-corrected chi connectivity index (χ0v) is 27.7. The lowest BCUT2D eigenvalue weighted by atomic mass is 10.0. The average Bonchev–Trinajstić information content (AvgIpc) is 3.84. The number of hydrogen-bond acceptors (Lipinski definition) is 3. The molecule has 0 aliphatic heterocycles. The first-order valence-corrected chi connectivity index (χ1v) is 17.7. The monoisotopic (exact) mass is 656 g/mol. The zero-order chi connectivity index (χ0) is 32.8. The highest BCUT2D eigenvalue weighted by molar-refractivity contribution is 7.25. The van der Waals surface area contributed by atoms with Gasteiger partial charge in [0.25, 0.3) is 0 Å². The highest BCUT2D eigenvalue weighted by Gasteiger charge is 2.20. The summed E-state index contributed by atoms with van der Waals surface area (Å²) in [5, 5.41) is 9.57. The molecule has 4 heteroatoms. The van der Waals surface area contributed by atoms with E-state index in [0.717, 1.165) is 55.5 Å². The molecule has 3 heterocycles. The topological polar surface area (TPSA) is 21.3 Å². The minimum absolute atomic E-state index is 0.915. The van der Waals surface area contributed by atoms with Gasteiger partial charge < -0.3 is 13.9 Å². The number of nitrogens with zero attached hydrogens (tertiary/aromatic N) is 2. The fourth-order valence-electron chi connectivity index (χ4n) is 7.88. The molecule has 0 aliphatic carbocycles. The van der Waals surface area contributed by atoms with Crippen molar-refractivity contribution in [2.24, 2.45) is 0 Å². The van der Waals surface area contributed by atoms with Gasteiger partial charge in [0, 0.05) is 69.9 Å². The first kappa shape index (κ1) is 27.6. The predicted octanol–water partition coefficient (Wildman–Crippen LogP) is 13.7. The molecule has 0 fully saturated rings. The summed E-state index contributed by atoms with van der Waals surface area (Å²) in [6, 6.07) is 61.3. The molecule has 0 saturated heterocycles. The lowest BCUT2D eigenvalue weighted by Gasteiger charge is -2.25. The summed E-state index contributed by atoms with van der Waals surface area (Å²) in [6.07, 6.45) is 0. The Kier molecular flexibility index (Phi) is 5.83. The van der Waals surface area contributed by atoms with Crippen LogP contribution in [0, 0.1) is 0 Å². The van der Waals surface area contributed by atoms with Crippen LogP contribution in [0.5, 0.6) is 0 Å². The third-order valence-electron chi connectivity index (χ3n) is 10.1. The van der Waals surface area contributed by atoms with Crippen LogP contribution >= 0.6 is 11.3 Å². The summed E-state index contributed by atoms with van der Waals surface area (Å²) in [7, 11) is 0. The predicted molar refractivity (Wildman–Crippen MR) is 213 cm³/mol. The molecular weight excluding hydrogens is 629 g/mol. The SMILES string of the molecule is c1ccc(N(c2ccc3c(c2)sc2ccccc23)c2ccc3c(c2)c2cc4c(ccc5c6ccccc6oc45)cc2n3-c2ccccc2)cc1. The van der Waals surface area contributed by atoms with E-state index in [9.17, 15) is 0 Å². The molecule has 0 N–H and O–H groups in total. The van der Waals surface area contributed by atoms with Crippen LogP contribution in [0.2, 0.25) is 0 Å². The number of para-hydroxylation sites is 3. The first-order chi connectivity index (χ1) is 24.8. The van der Waals surface area contributed by atoms with E-state index in [1.807, 2.05) is 17.4 Å². The van der Waals surface area contributed by atoms with E-state index in [1.165, 1.54) is 42.0 Å². The Balaban J connectivity index is 1.20. The van der Waals surface area contributed by atoms with E-state index < -0.39 is 0 Å².